The van der Waals surface area contributed by atoms with Crippen LogP contribution in [0.25, 0.3) is 6.08 Å². The van der Waals surface area contributed by atoms with Gasteiger partial charge in [0.15, 0.2) is 0 Å². The summed E-state index contributed by atoms with van der Waals surface area (Å²) in [4.78, 5) is 33.6. The van der Waals surface area contributed by atoms with Crippen LogP contribution in [0.1, 0.15) is 48.1 Å². The molecule has 0 unspecified atom stereocenters. The van der Waals surface area contributed by atoms with E-state index in [4.69, 9.17) is 12.2 Å². The highest BCUT2D eigenvalue weighted by Crippen LogP contribution is 2.37. The van der Waals surface area contributed by atoms with E-state index in [2.05, 4.69) is 22.8 Å². The molecule has 0 bridgehead atoms. The maximum atomic E-state index is 13.5. The summed E-state index contributed by atoms with van der Waals surface area (Å²) in [5, 5.41) is 9.86. The molecular weight excluding hydrogens is 502 g/mol. The summed E-state index contributed by atoms with van der Waals surface area (Å²) in [6.45, 7) is 13.3. The number of nitrogens with zero attached hydrogens (tertiary/aromatic N) is 5. The maximum Gasteiger partial charge on any atom is 0.270 e. The van der Waals surface area contributed by atoms with E-state index in [9.17, 15) is 14.9 Å². The standard InChI is InChI=1S/C28H33N5O2S2/c1-5-11-32-25(31-14-12-30(6-2)13-15-31)22(20(4)23(17-29)26(32)34)16-24-27(35)33(28(36)37-24)18-21-9-7-19(3)8-10-21/h7-10,16H,5-6,11-15,18H2,1-4H3. The number of pyridine rings is 1. The van der Waals surface area contributed by atoms with Crippen molar-refractivity contribution in [2.75, 3.05) is 37.6 Å². The summed E-state index contributed by atoms with van der Waals surface area (Å²) in [6.07, 6.45) is 2.60. The Morgan fingerprint density at radius 1 is 1.08 bits per heavy atom. The van der Waals surface area contributed by atoms with Crippen LogP contribution in [0.5, 0.6) is 0 Å². The minimum Gasteiger partial charge on any atom is -0.355 e. The minimum absolute atomic E-state index is 0.130. The molecule has 7 nitrogen and oxygen atoms in total. The van der Waals surface area contributed by atoms with Crippen molar-refractivity contribution < 1.29 is 4.79 Å². The lowest BCUT2D eigenvalue weighted by molar-refractivity contribution is -0.122. The van der Waals surface area contributed by atoms with E-state index >= 15 is 0 Å². The average Bonchev–Trinajstić information content (AvgIpc) is 3.16. The SMILES string of the molecule is CCCn1c(N2CCN(CC)CC2)c(C=C2SC(=S)N(Cc3ccc(C)cc3)C2=O)c(C)c(C#N)c1=O. The van der Waals surface area contributed by atoms with Gasteiger partial charge in [-0.05, 0) is 44.0 Å². The van der Waals surface area contributed by atoms with Crippen molar-refractivity contribution in [1.82, 2.24) is 14.4 Å². The third-order valence-electron chi connectivity index (χ3n) is 7.02. The fraction of sp³-hybridized carbons (Fsp3) is 0.429. The van der Waals surface area contributed by atoms with Crippen LogP contribution >= 0.6 is 24.0 Å². The quantitative estimate of drug-likeness (QED) is 0.387. The van der Waals surface area contributed by atoms with E-state index in [1.54, 1.807) is 16.4 Å². The van der Waals surface area contributed by atoms with Crippen LogP contribution in [0.4, 0.5) is 5.82 Å². The smallest absolute Gasteiger partial charge is 0.270 e. The van der Waals surface area contributed by atoms with Crippen LogP contribution in [-0.4, -0.2) is 57.3 Å². The van der Waals surface area contributed by atoms with Gasteiger partial charge in [-0.15, -0.1) is 0 Å². The van der Waals surface area contributed by atoms with Gasteiger partial charge in [0.1, 0.15) is 21.8 Å². The van der Waals surface area contributed by atoms with Crippen molar-refractivity contribution in [3.63, 3.8) is 0 Å². The van der Waals surface area contributed by atoms with Crippen molar-refractivity contribution in [2.45, 2.75) is 47.2 Å². The number of hydrogen-bond donors (Lipinski definition) is 0. The van der Waals surface area contributed by atoms with Gasteiger partial charge in [0.25, 0.3) is 11.5 Å². The summed E-state index contributed by atoms with van der Waals surface area (Å²) in [6, 6.07) is 10.2. The van der Waals surface area contributed by atoms with E-state index in [0.717, 1.165) is 61.7 Å². The number of rotatable bonds is 7. The molecule has 3 heterocycles. The molecule has 2 saturated heterocycles. The third-order valence-corrected chi connectivity index (χ3v) is 8.40. The molecule has 2 fully saturated rings. The molecule has 2 aliphatic rings. The van der Waals surface area contributed by atoms with Crippen molar-refractivity contribution in [3.8, 4) is 6.07 Å². The lowest BCUT2D eigenvalue weighted by atomic mass is 10.0. The minimum atomic E-state index is -0.265. The van der Waals surface area contributed by atoms with Crippen LogP contribution in [0.2, 0.25) is 0 Å². The average molecular weight is 536 g/mol. The number of benzene rings is 1. The zero-order chi connectivity index (χ0) is 26.7. The molecule has 1 aromatic heterocycles. The first kappa shape index (κ1) is 27.1. The number of hydrogen-bond acceptors (Lipinski definition) is 7. The second-order valence-corrected chi connectivity index (χ2v) is 11.2. The van der Waals surface area contributed by atoms with Crippen LogP contribution < -0.4 is 10.5 Å². The molecule has 9 heteroatoms. The second-order valence-electron chi connectivity index (χ2n) is 9.48. The Hall–Kier alpha value is -2.93. The molecule has 194 valence electrons. The van der Waals surface area contributed by atoms with Crippen LogP contribution in [0, 0.1) is 25.2 Å². The predicted molar refractivity (Wildman–Crippen MR) is 155 cm³/mol. The number of anilines is 1. The van der Waals surface area contributed by atoms with Gasteiger partial charge in [-0.3, -0.25) is 19.1 Å². The lowest BCUT2D eigenvalue weighted by Gasteiger charge is -2.37. The van der Waals surface area contributed by atoms with Crippen molar-refractivity contribution in [2.24, 2.45) is 0 Å². The van der Waals surface area contributed by atoms with Gasteiger partial charge >= 0.3 is 0 Å². The Balaban J connectivity index is 1.79. The van der Waals surface area contributed by atoms with E-state index < -0.39 is 0 Å². The van der Waals surface area contributed by atoms with E-state index in [1.807, 2.05) is 44.2 Å². The van der Waals surface area contributed by atoms with Gasteiger partial charge in [-0.1, -0.05) is 67.7 Å². The molecule has 0 spiro atoms. The molecular formula is C28H33N5O2S2. The van der Waals surface area contributed by atoms with Crippen LogP contribution in [0.3, 0.4) is 0 Å². The van der Waals surface area contributed by atoms with Gasteiger partial charge in [0.05, 0.1) is 11.4 Å². The summed E-state index contributed by atoms with van der Waals surface area (Å²) < 4.78 is 2.24. The Morgan fingerprint density at radius 2 is 1.76 bits per heavy atom. The monoisotopic (exact) mass is 535 g/mol. The van der Waals surface area contributed by atoms with Gasteiger partial charge in [-0.25, -0.2) is 0 Å². The molecule has 0 aliphatic carbocycles. The maximum absolute atomic E-state index is 13.5. The summed E-state index contributed by atoms with van der Waals surface area (Å²) in [5.41, 5.74) is 3.40. The van der Waals surface area contributed by atoms with Crippen molar-refractivity contribution in [3.05, 3.63) is 67.3 Å². The summed E-state index contributed by atoms with van der Waals surface area (Å²) in [5.74, 6) is 0.645. The molecule has 37 heavy (non-hydrogen) atoms. The van der Waals surface area contributed by atoms with Gasteiger partial charge in [-0.2, -0.15) is 5.26 Å². The first-order chi connectivity index (χ1) is 17.8. The third kappa shape index (κ3) is 5.52. The predicted octanol–water partition coefficient (Wildman–Crippen LogP) is 4.29. The molecule has 4 rings (SSSR count). The highest BCUT2D eigenvalue weighted by Gasteiger charge is 2.33. The molecule has 0 radical (unpaired) electrons. The first-order valence-corrected chi connectivity index (χ1v) is 14.0. The molecule has 2 aliphatic heterocycles. The number of thiocarbonyl (C=S) groups is 1. The molecule has 0 saturated carbocycles. The Bertz CT molecular complexity index is 1330. The zero-order valence-corrected chi connectivity index (χ0v) is 23.5. The number of carbonyl (C=O) groups excluding carboxylic acids is 1. The highest BCUT2D eigenvalue weighted by molar-refractivity contribution is 8.26. The Morgan fingerprint density at radius 3 is 2.35 bits per heavy atom. The fourth-order valence-corrected chi connectivity index (χ4v) is 6.07. The molecule has 2 aromatic rings. The number of thioether (sulfide) groups is 1. The molecule has 1 amide bonds. The number of aryl methyl sites for hydroxylation is 1. The van der Waals surface area contributed by atoms with Crippen LogP contribution in [-0.2, 0) is 17.9 Å². The molecule has 0 N–H and O–H groups in total. The lowest BCUT2D eigenvalue weighted by Crippen LogP contribution is -2.48. The number of aromatic nitrogens is 1. The van der Waals surface area contributed by atoms with Crippen LogP contribution in [0.15, 0.2) is 34.0 Å². The van der Waals surface area contributed by atoms with E-state index in [-0.39, 0.29) is 17.0 Å². The topological polar surface area (TPSA) is 72.6 Å². The van der Waals surface area contributed by atoms with E-state index in [0.29, 0.717) is 27.9 Å². The first-order valence-electron chi connectivity index (χ1n) is 12.7. The highest BCUT2D eigenvalue weighted by atomic mass is 32.2. The Labute approximate surface area is 228 Å². The second kappa shape index (κ2) is 11.6. The largest absolute Gasteiger partial charge is 0.355 e. The Kier molecular flexibility index (Phi) is 8.53. The summed E-state index contributed by atoms with van der Waals surface area (Å²) >= 11 is 6.87. The van der Waals surface area contributed by atoms with Gasteiger partial charge in [0.2, 0.25) is 0 Å². The molecule has 0 atom stereocenters. The normalized spacial score (nSPS) is 17.6. The fourth-order valence-electron chi connectivity index (χ4n) is 4.84. The number of amides is 1. The number of likely N-dealkylation sites (N-methyl/N-ethyl adjacent to an activating group) is 1. The molecule has 1 aromatic carbocycles. The number of nitriles is 1. The number of piperazine rings is 1. The van der Waals surface area contributed by atoms with Crippen molar-refractivity contribution >= 4 is 46.1 Å². The summed E-state index contributed by atoms with van der Waals surface area (Å²) in [7, 11) is 0. The van der Waals surface area contributed by atoms with E-state index in [1.165, 1.54) is 11.8 Å². The number of carbonyl (C=O) groups is 1. The van der Waals surface area contributed by atoms with Gasteiger partial charge < -0.3 is 9.80 Å². The zero-order valence-electron chi connectivity index (χ0n) is 21.9. The van der Waals surface area contributed by atoms with Gasteiger partial charge in [0, 0.05) is 38.3 Å². The van der Waals surface area contributed by atoms with Crippen molar-refractivity contribution in [1.29, 1.82) is 5.26 Å².